The number of benzene rings is 10. The molecule has 0 saturated heterocycles. The Morgan fingerprint density at radius 1 is 0.329 bits per heavy atom. The summed E-state index contributed by atoms with van der Waals surface area (Å²) in [6, 6.07) is 70.5. The Kier molecular flexibility index (Phi) is 10.6. The van der Waals surface area contributed by atoms with Gasteiger partial charge >= 0.3 is 0 Å². The molecule has 0 heterocycles. The minimum absolute atomic E-state index is 0.0259. The first-order valence-electron chi connectivity index (χ1n) is 26.2. The van der Waals surface area contributed by atoms with Crippen molar-refractivity contribution < 1.29 is 0 Å². The van der Waals surface area contributed by atoms with Crippen molar-refractivity contribution in [3.8, 4) is 22.3 Å². The molecular formula is C71H66N2. The predicted octanol–water partition coefficient (Wildman–Crippen LogP) is 19.7. The van der Waals surface area contributed by atoms with Gasteiger partial charge in [0, 0.05) is 34.1 Å². The highest BCUT2D eigenvalue weighted by atomic mass is 15.1. The zero-order valence-electron chi connectivity index (χ0n) is 44.7. The zero-order valence-corrected chi connectivity index (χ0v) is 44.7. The SMILES string of the molecule is Cc1cc(C)cc(N(c2ccc3c4c(ccc3c2)-c2ccc3cc(N(c5cc(C)cc(C)c5)c5ccccc5C)ccc3c2C42c3ccc(C(C)(C)C)cc3-c3cc(C(C)(C)C)ccc32)c2ccccc2C)c1. The van der Waals surface area contributed by atoms with Gasteiger partial charge in [0.1, 0.15) is 0 Å². The van der Waals surface area contributed by atoms with Crippen molar-refractivity contribution in [2.45, 2.75) is 99.3 Å². The molecule has 0 amide bonds. The van der Waals surface area contributed by atoms with Crippen molar-refractivity contribution in [3.63, 3.8) is 0 Å². The molecule has 73 heavy (non-hydrogen) atoms. The maximum absolute atomic E-state index is 2.54. The normalized spacial score (nSPS) is 13.3. The number of hydrogen-bond acceptors (Lipinski definition) is 2. The number of aryl methyl sites for hydroxylation is 6. The molecule has 0 fully saturated rings. The van der Waals surface area contributed by atoms with Gasteiger partial charge in [-0.1, -0.05) is 163 Å². The molecule has 2 heteroatoms. The second-order valence-corrected chi connectivity index (χ2v) is 23.5. The van der Waals surface area contributed by atoms with Crippen LogP contribution in [0.4, 0.5) is 34.1 Å². The van der Waals surface area contributed by atoms with E-state index in [0.717, 1.165) is 11.4 Å². The van der Waals surface area contributed by atoms with Gasteiger partial charge in [-0.15, -0.1) is 0 Å². The van der Waals surface area contributed by atoms with Gasteiger partial charge in [-0.25, -0.2) is 0 Å². The maximum atomic E-state index is 2.54. The molecule has 0 N–H and O–H groups in total. The van der Waals surface area contributed by atoms with E-state index >= 15 is 0 Å². The van der Waals surface area contributed by atoms with Crippen molar-refractivity contribution in [2.75, 3.05) is 9.80 Å². The van der Waals surface area contributed by atoms with Gasteiger partial charge in [0.05, 0.1) is 5.41 Å². The third-order valence-electron chi connectivity index (χ3n) is 16.1. The molecule has 0 bridgehead atoms. The summed E-state index contributed by atoms with van der Waals surface area (Å²) in [5.74, 6) is 0. The predicted molar refractivity (Wildman–Crippen MR) is 313 cm³/mol. The molecule has 0 aliphatic heterocycles. The van der Waals surface area contributed by atoms with E-state index in [9.17, 15) is 0 Å². The topological polar surface area (TPSA) is 6.48 Å². The van der Waals surface area contributed by atoms with Crippen LogP contribution < -0.4 is 9.80 Å². The van der Waals surface area contributed by atoms with Gasteiger partial charge < -0.3 is 9.80 Å². The summed E-state index contributed by atoms with van der Waals surface area (Å²) < 4.78 is 0. The molecule has 0 unspecified atom stereocenters. The summed E-state index contributed by atoms with van der Waals surface area (Å²) in [6.07, 6.45) is 0. The molecule has 2 aliphatic rings. The molecule has 12 rings (SSSR count). The minimum atomic E-state index is -0.600. The summed E-state index contributed by atoms with van der Waals surface area (Å²) in [6.45, 7) is 27.3. The molecular weight excluding hydrogens is 881 g/mol. The Hall–Kier alpha value is -7.68. The van der Waals surface area contributed by atoms with Gasteiger partial charge in [-0.3, -0.25) is 0 Å². The lowest BCUT2D eigenvalue weighted by Gasteiger charge is -2.34. The molecule has 0 radical (unpaired) electrons. The number of fused-ring (bicyclic) bond motifs is 14. The Labute approximate surface area is 433 Å². The van der Waals surface area contributed by atoms with Crippen molar-refractivity contribution in [3.05, 3.63) is 249 Å². The monoisotopic (exact) mass is 947 g/mol. The summed E-state index contributed by atoms with van der Waals surface area (Å²) in [4.78, 5) is 4.91. The molecule has 10 aromatic rings. The summed E-state index contributed by atoms with van der Waals surface area (Å²) in [7, 11) is 0. The molecule has 1 spiro atoms. The largest absolute Gasteiger partial charge is 0.310 e. The van der Waals surface area contributed by atoms with Gasteiger partial charge in [0.25, 0.3) is 0 Å². The number of hydrogen-bond donors (Lipinski definition) is 0. The van der Waals surface area contributed by atoms with Crippen LogP contribution >= 0.6 is 0 Å². The Bertz CT molecular complexity index is 3610. The highest BCUT2D eigenvalue weighted by Crippen LogP contribution is 2.66. The van der Waals surface area contributed by atoms with Crippen LogP contribution in [0, 0.1) is 41.5 Å². The van der Waals surface area contributed by atoms with Gasteiger partial charge in [0.15, 0.2) is 0 Å². The first kappa shape index (κ1) is 46.4. The number of anilines is 6. The van der Waals surface area contributed by atoms with Crippen LogP contribution in [0.25, 0.3) is 43.8 Å². The van der Waals surface area contributed by atoms with Gasteiger partial charge in [-0.2, -0.15) is 0 Å². The van der Waals surface area contributed by atoms with E-state index in [1.54, 1.807) is 0 Å². The first-order chi connectivity index (χ1) is 34.9. The zero-order chi connectivity index (χ0) is 50.9. The average molecular weight is 947 g/mol. The summed E-state index contributed by atoms with van der Waals surface area (Å²) in [5, 5.41) is 5.03. The van der Waals surface area contributed by atoms with Crippen molar-refractivity contribution in [2.24, 2.45) is 0 Å². The van der Waals surface area contributed by atoms with E-state index in [2.05, 4.69) is 275 Å². The second-order valence-electron chi connectivity index (χ2n) is 23.5. The molecule has 10 aromatic carbocycles. The number of rotatable bonds is 6. The fraction of sp³-hybridized carbons (Fsp3) is 0.211. The van der Waals surface area contributed by atoms with Crippen LogP contribution in [0.3, 0.4) is 0 Å². The minimum Gasteiger partial charge on any atom is -0.310 e. The summed E-state index contributed by atoms with van der Waals surface area (Å²) >= 11 is 0. The van der Waals surface area contributed by atoms with Crippen LogP contribution in [0.5, 0.6) is 0 Å². The van der Waals surface area contributed by atoms with E-state index in [0.29, 0.717) is 0 Å². The van der Waals surface area contributed by atoms with Gasteiger partial charge in [-0.05, 0) is 224 Å². The highest BCUT2D eigenvalue weighted by molar-refractivity contribution is 6.10. The van der Waals surface area contributed by atoms with E-state index in [1.807, 2.05) is 0 Å². The van der Waals surface area contributed by atoms with Crippen LogP contribution in [-0.4, -0.2) is 0 Å². The van der Waals surface area contributed by atoms with E-state index in [1.165, 1.54) is 133 Å². The quantitative estimate of drug-likeness (QED) is 0.164. The number of nitrogens with zero attached hydrogens (tertiary/aromatic N) is 2. The average Bonchev–Trinajstić information content (AvgIpc) is 3.81. The first-order valence-corrected chi connectivity index (χ1v) is 26.2. The molecule has 0 atom stereocenters. The molecule has 0 saturated carbocycles. The fourth-order valence-corrected chi connectivity index (χ4v) is 12.7. The van der Waals surface area contributed by atoms with Crippen molar-refractivity contribution in [1.82, 2.24) is 0 Å². The molecule has 0 aromatic heterocycles. The third kappa shape index (κ3) is 7.35. The lowest BCUT2D eigenvalue weighted by Crippen LogP contribution is -2.27. The van der Waals surface area contributed by atoms with Crippen LogP contribution in [0.1, 0.15) is 108 Å². The van der Waals surface area contributed by atoms with Crippen LogP contribution in [0.2, 0.25) is 0 Å². The van der Waals surface area contributed by atoms with Gasteiger partial charge in [0.2, 0.25) is 0 Å². The van der Waals surface area contributed by atoms with Crippen LogP contribution in [0.15, 0.2) is 182 Å². The summed E-state index contributed by atoms with van der Waals surface area (Å²) in [5.41, 5.74) is 27.3. The van der Waals surface area contributed by atoms with E-state index < -0.39 is 5.41 Å². The van der Waals surface area contributed by atoms with Crippen LogP contribution in [-0.2, 0) is 16.2 Å². The Balaban J connectivity index is 1.16. The fourth-order valence-electron chi connectivity index (χ4n) is 12.7. The highest BCUT2D eigenvalue weighted by Gasteiger charge is 2.54. The van der Waals surface area contributed by atoms with E-state index in [4.69, 9.17) is 0 Å². The maximum Gasteiger partial charge on any atom is 0.0737 e. The van der Waals surface area contributed by atoms with E-state index in [-0.39, 0.29) is 10.8 Å². The van der Waals surface area contributed by atoms with Crippen molar-refractivity contribution >= 4 is 55.7 Å². The molecule has 360 valence electrons. The lowest BCUT2D eigenvalue weighted by molar-refractivity contribution is 0.589. The Morgan fingerprint density at radius 2 is 0.712 bits per heavy atom. The third-order valence-corrected chi connectivity index (χ3v) is 16.1. The van der Waals surface area contributed by atoms with Crippen molar-refractivity contribution in [1.29, 1.82) is 0 Å². The molecule has 2 nitrogen and oxygen atoms in total. The second kappa shape index (κ2) is 16.7. The Morgan fingerprint density at radius 3 is 1.08 bits per heavy atom. The lowest BCUT2D eigenvalue weighted by atomic mass is 9.68. The molecule has 2 aliphatic carbocycles. The standard InChI is InChI=1S/C71H66N2/c1-43-33-44(2)36-55(35-43)72(65-19-15-13-17-47(65)5)53-25-29-57-49(39-53)21-27-59-60-28-22-50-40-54(73(66-20-16-14-18-48(66)6)56-37-45(3)34-46(4)38-56)26-30-58(50)68(60)71(67(57)59)63-31-23-51(69(7,8)9)41-61(63)62-42-52(70(10,11)12)24-32-64(62)71/h13-42H,1-12H3. The smallest absolute Gasteiger partial charge is 0.0737 e. The number of para-hydroxylation sites is 2.